The van der Waals surface area contributed by atoms with E-state index in [-0.39, 0.29) is 0 Å². The van der Waals surface area contributed by atoms with Gasteiger partial charge in [0.1, 0.15) is 0 Å². The van der Waals surface area contributed by atoms with Gasteiger partial charge in [0, 0.05) is 28.9 Å². The van der Waals surface area contributed by atoms with Crippen molar-refractivity contribution in [2.45, 2.75) is 52.1 Å². The van der Waals surface area contributed by atoms with Crippen molar-refractivity contribution in [3.05, 3.63) is 46.2 Å². The minimum absolute atomic E-state index is 0.717. The molecule has 112 valence electrons. The Morgan fingerprint density at radius 2 is 2.10 bits per heavy atom. The zero-order valence-corrected chi connectivity index (χ0v) is 13.5. The van der Waals surface area contributed by atoms with E-state index in [2.05, 4.69) is 29.9 Å². The molecule has 3 nitrogen and oxygen atoms in total. The predicted molar refractivity (Wildman–Crippen MR) is 87.2 cm³/mol. The van der Waals surface area contributed by atoms with Crippen LogP contribution in [0.4, 0.5) is 0 Å². The van der Waals surface area contributed by atoms with E-state index in [4.69, 9.17) is 16.7 Å². The average Bonchev–Trinajstić information content (AvgIpc) is 3.24. The van der Waals surface area contributed by atoms with Gasteiger partial charge in [0.2, 0.25) is 0 Å². The Kier molecular flexibility index (Phi) is 4.32. The molecule has 4 heteroatoms. The fourth-order valence-electron chi connectivity index (χ4n) is 2.74. The van der Waals surface area contributed by atoms with Gasteiger partial charge >= 0.3 is 0 Å². The number of halogens is 1. The van der Waals surface area contributed by atoms with Crippen LogP contribution in [0, 0.1) is 0 Å². The smallest absolute Gasteiger partial charge is 0.0674 e. The molecule has 0 unspecified atom stereocenters. The SMILES string of the molecule is CCc1nn(-c2cccc(Cl)c2)c(CC)c1CNC1CC1. The largest absolute Gasteiger partial charge is 0.310 e. The standard InChI is InChI=1S/C17H22ClN3/c1-3-16-15(11-19-13-8-9-13)17(4-2)21(20-16)14-7-5-6-12(18)10-14/h5-7,10,13,19H,3-4,8-9,11H2,1-2H3. The zero-order chi connectivity index (χ0) is 14.8. The van der Waals surface area contributed by atoms with Crippen LogP contribution < -0.4 is 5.32 Å². The average molecular weight is 304 g/mol. The lowest BCUT2D eigenvalue weighted by Gasteiger charge is -2.09. The minimum atomic E-state index is 0.717. The van der Waals surface area contributed by atoms with Gasteiger partial charge in [-0.15, -0.1) is 0 Å². The summed E-state index contributed by atoms with van der Waals surface area (Å²) in [5.74, 6) is 0. The van der Waals surface area contributed by atoms with Gasteiger partial charge in [0.15, 0.2) is 0 Å². The number of nitrogens with one attached hydrogen (secondary N) is 1. The molecule has 3 rings (SSSR count). The van der Waals surface area contributed by atoms with E-state index in [1.807, 2.05) is 18.2 Å². The second kappa shape index (κ2) is 6.20. The van der Waals surface area contributed by atoms with Gasteiger partial charge in [0.05, 0.1) is 11.4 Å². The lowest BCUT2D eigenvalue weighted by atomic mass is 10.1. The molecule has 1 fully saturated rings. The summed E-state index contributed by atoms with van der Waals surface area (Å²) in [5.41, 5.74) is 4.90. The molecule has 1 N–H and O–H groups in total. The topological polar surface area (TPSA) is 29.9 Å². The van der Waals surface area contributed by atoms with Gasteiger partial charge in [-0.1, -0.05) is 31.5 Å². The van der Waals surface area contributed by atoms with Gasteiger partial charge in [-0.2, -0.15) is 5.10 Å². The predicted octanol–water partition coefficient (Wildman–Crippen LogP) is 3.90. The fourth-order valence-corrected chi connectivity index (χ4v) is 2.93. The second-order valence-electron chi connectivity index (χ2n) is 5.63. The molecule has 1 aromatic carbocycles. The van der Waals surface area contributed by atoms with Crippen molar-refractivity contribution in [1.29, 1.82) is 0 Å². The van der Waals surface area contributed by atoms with Gasteiger partial charge in [-0.25, -0.2) is 4.68 Å². The molecule has 0 aliphatic heterocycles. The van der Waals surface area contributed by atoms with Crippen molar-refractivity contribution in [2.24, 2.45) is 0 Å². The van der Waals surface area contributed by atoms with Gasteiger partial charge < -0.3 is 5.32 Å². The molecule has 0 bridgehead atoms. The molecular weight excluding hydrogens is 282 g/mol. The van der Waals surface area contributed by atoms with E-state index in [1.54, 1.807) is 0 Å². The van der Waals surface area contributed by atoms with Crippen molar-refractivity contribution >= 4 is 11.6 Å². The summed E-state index contributed by atoms with van der Waals surface area (Å²) in [6.07, 6.45) is 4.56. The third kappa shape index (κ3) is 3.14. The highest BCUT2D eigenvalue weighted by Gasteiger charge is 2.23. The van der Waals surface area contributed by atoms with Crippen LogP contribution in [0.25, 0.3) is 5.69 Å². The molecule has 2 aromatic rings. The molecule has 1 aromatic heterocycles. The Hall–Kier alpha value is -1.32. The van der Waals surface area contributed by atoms with Crippen molar-refractivity contribution in [2.75, 3.05) is 0 Å². The Morgan fingerprint density at radius 3 is 2.71 bits per heavy atom. The van der Waals surface area contributed by atoms with E-state index < -0.39 is 0 Å². The van der Waals surface area contributed by atoms with Crippen LogP contribution in [0.5, 0.6) is 0 Å². The molecule has 1 saturated carbocycles. The maximum absolute atomic E-state index is 6.13. The van der Waals surface area contributed by atoms with E-state index in [0.717, 1.165) is 30.1 Å². The Bertz CT molecular complexity index is 629. The van der Waals surface area contributed by atoms with Crippen LogP contribution >= 0.6 is 11.6 Å². The van der Waals surface area contributed by atoms with Gasteiger partial charge in [0.25, 0.3) is 0 Å². The first-order valence-corrected chi connectivity index (χ1v) is 8.19. The summed E-state index contributed by atoms with van der Waals surface area (Å²) in [7, 11) is 0. The monoisotopic (exact) mass is 303 g/mol. The molecule has 0 spiro atoms. The number of hydrogen-bond donors (Lipinski definition) is 1. The van der Waals surface area contributed by atoms with E-state index >= 15 is 0 Å². The summed E-state index contributed by atoms with van der Waals surface area (Å²) in [5, 5.41) is 9.20. The molecule has 0 atom stereocenters. The lowest BCUT2D eigenvalue weighted by molar-refractivity contribution is 0.677. The van der Waals surface area contributed by atoms with Crippen molar-refractivity contribution < 1.29 is 0 Å². The normalized spacial score (nSPS) is 14.6. The second-order valence-corrected chi connectivity index (χ2v) is 6.06. The first-order valence-electron chi connectivity index (χ1n) is 7.81. The number of hydrogen-bond acceptors (Lipinski definition) is 2. The molecule has 1 heterocycles. The van der Waals surface area contributed by atoms with E-state index in [9.17, 15) is 0 Å². The fraction of sp³-hybridized carbons (Fsp3) is 0.471. The first-order chi connectivity index (χ1) is 10.2. The van der Waals surface area contributed by atoms with Crippen LogP contribution in [0.3, 0.4) is 0 Å². The number of rotatable bonds is 6. The maximum Gasteiger partial charge on any atom is 0.0674 e. The molecule has 1 aliphatic rings. The third-order valence-corrected chi connectivity index (χ3v) is 4.28. The van der Waals surface area contributed by atoms with Gasteiger partial charge in [-0.05, 0) is 43.9 Å². The van der Waals surface area contributed by atoms with Crippen molar-refractivity contribution in [3.63, 3.8) is 0 Å². The molecule has 0 amide bonds. The van der Waals surface area contributed by atoms with Gasteiger partial charge in [-0.3, -0.25) is 0 Å². The van der Waals surface area contributed by atoms with Crippen LogP contribution in [0.15, 0.2) is 24.3 Å². The Balaban J connectivity index is 1.99. The summed E-state index contributed by atoms with van der Waals surface area (Å²) in [6.45, 7) is 5.29. The quantitative estimate of drug-likeness (QED) is 0.877. The van der Waals surface area contributed by atoms with E-state index in [0.29, 0.717) is 6.04 Å². The highest BCUT2D eigenvalue weighted by Crippen LogP contribution is 2.24. The highest BCUT2D eigenvalue weighted by molar-refractivity contribution is 6.30. The summed E-state index contributed by atoms with van der Waals surface area (Å²) >= 11 is 6.13. The summed E-state index contributed by atoms with van der Waals surface area (Å²) in [6, 6.07) is 8.64. The number of aromatic nitrogens is 2. The third-order valence-electron chi connectivity index (χ3n) is 4.04. The summed E-state index contributed by atoms with van der Waals surface area (Å²) in [4.78, 5) is 0. The highest BCUT2D eigenvalue weighted by atomic mass is 35.5. The number of benzene rings is 1. The maximum atomic E-state index is 6.13. The van der Waals surface area contributed by atoms with Crippen molar-refractivity contribution in [3.8, 4) is 5.69 Å². The Labute approximate surface area is 131 Å². The number of aryl methyl sites for hydroxylation is 1. The molecule has 0 saturated heterocycles. The van der Waals surface area contributed by atoms with Crippen LogP contribution in [-0.2, 0) is 19.4 Å². The summed E-state index contributed by atoms with van der Waals surface area (Å²) < 4.78 is 2.06. The Morgan fingerprint density at radius 1 is 1.29 bits per heavy atom. The number of nitrogens with zero attached hydrogens (tertiary/aromatic N) is 2. The van der Waals surface area contributed by atoms with Crippen LogP contribution in [0.1, 0.15) is 43.6 Å². The van der Waals surface area contributed by atoms with Crippen molar-refractivity contribution in [1.82, 2.24) is 15.1 Å². The molecular formula is C17H22ClN3. The van der Waals surface area contributed by atoms with Crippen LogP contribution in [-0.4, -0.2) is 15.8 Å². The van der Waals surface area contributed by atoms with E-state index in [1.165, 1.54) is 29.8 Å². The molecule has 1 aliphatic carbocycles. The zero-order valence-electron chi connectivity index (χ0n) is 12.7. The first kappa shape index (κ1) is 14.6. The molecule has 21 heavy (non-hydrogen) atoms. The van der Waals surface area contributed by atoms with Crippen LogP contribution in [0.2, 0.25) is 5.02 Å². The lowest BCUT2D eigenvalue weighted by Crippen LogP contribution is -2.17. The molecule has 0 radical (unpaired) electrons. The minimum Gasteiger partial charge on any atom is -0.310 e.